The molecule has 2 aromatic carbocycles. The van der Waals surface area contributed by atoms with Crippen LogP contribution in [-0.2, 0) is 10.3 Å². The van der Waals surface area contributed by atoms with Crippen molar-refractivity contribution in [3.05, 3.63) is 59.8 Å². The second-order valence-corrected chi connectivity index (χ2v) is 8.37. The van der Waals surface area contributed by atoms with Crippen molar-refractivity contribution >= 4 is 47.5 Å². The van der Waals surface area contributed by atoms with Crippen molar-refractivity contribution in [1.29, 1.82) is 0 Å². The van der Waals surface area contributed by atoms with Gasteiger partial charge in [-0.15, -0.1) is 11.8 Å². The summed E-state index contributed by atoms with van der Waals surface area (Å²) in [4.78, 5) is 10.2. The molecule has 8 heteroatoms. The van der Waals surface area contributed by atoms with Gasteiger partial charge in [-0.1, -0.05) is 12.1 Å². The van der Waals surface area contributed by atoms with Crippen LogP contribution in [0.4, 0.5) is 23.1 Å². The van der Waals surface area contributed by atoms with E-state index in [4.69, 9.17) is 4.65 Å². The Balaban J connectivity index is 1.57. The maximum atomic E-state index is 10.2. The molecule has 29 heavy (non-hydrogen) atoms. The van der Waals surface area contributed by atoms with Crippen molar-refractivity contribution in [2.45, 2.75) is 31.3 Å². The minimum Gasteiger partial charge on any atom is -0.423 e. The van der Waals surface area contributed by atoms with Crippen molar-refractivity contribution < 1.29 is 9.68 Å². The lowest BCUT2D eigenvalue weighted by Gasteiger charge is -2.19. The summed E-state index contributed by atoms with van der Waals surface area (Å²) < 4.78 is 5.63. The lowest BCUT2D eigenvalue weighted by molar-refractivity contribution is 0.101. The largest absolute Gasteiger partial charge is 0.492 e. The lowest BCUT2D eigenvalue weighted by Crippen LogP contribution is -2.28. The zero-order valence-corrected chi connectivity index (χ0v) is 17.7. The van der Waals surface area contributed by atoms with Gasteiger partial charge in [0, 0.05) is 28.0 Å². The Morgan fingerprint density at radius 3 is 2.69 bits per heavy atom. The van der Waals surface area contributed by atoms with Crippen LogP contribution in [0.3, 0.4) is 0 Å². The predicted octanol–water partition coefficient (Wildman–Crippen LogP) is 3.95. The number of aromatic nitrogens is 2. The third-order valence-electron chi connectivity index (χ3n) is 4.93. The summed E-state index contributed by atoms with van der Waals surface area (Å²) in [6, 6.07) is 14.0. The van der Waals surface area contributed by atoms with Crippen LogP contribution < -0.4 is 16.1 Å². The van der Waals surface area contributed by atoms with Crippen LogP contribution in [0.1, 0.15) is 25.0 Å². The Bertz CT molecular complexity index is 1060. The molecule has 0 atom stereocenters. The highest BCUT2D eigenvalue weighted by Crippen LogP contribution is 2.31. The van der Waals surface area contributed by atoms with E-state index in [-0.39, 0.29) is 0 Å². The zero-order valence-electron chi connectivity index (χ0n) is 16.9. The van der Waals surface area contributed by atoms with Gasteiger partial charge < -0.3 is 20.3 Å². The fraction of sp³-hybridized carbons (Fsp3) is 0.238. The minimum atomic E-state index is -0.929. The van der Waals surface area contributed by atoms with E-state index in [2.05, 4.69) is 39.0 Å². The first-order chi connectivity index (χ1) is 13.9. The molecule has 0 aliphatic carbocycles. The molecule has 0 bridgehead atoms. The van der Waals surface area contributed by atoms with Crippen molar-refractivity contribution in [3.63, 3.8) is 0 Å². The van der Waals surface area contributed by atoms with Crippen LogP contribution in [0.15, 0.2) is 53.6 Å². The fourth-order valence-corrected chi connectivity index (χ4v) is 3.85. The standard InChI is InChI=1S/C21H23BN4O2S/c1-13-12-23-20(26-19(13)24-14-6-5-7-16(10-14)29-4)25-15-8-9-17-18(11-15)22(27)28-21(17,2)3/h5-12,27H,1-4H3,(H2,23,24,25,26). The highest BCUT2D eigenvalue weighted by atomic mass is 32.2. The third-order valence-corrected chi connectivity index (χ3v) is 5.66. The van der Waals surface area contributed by atoms with Crippen LogP contribution in [-0.4, -0.2) is 28.4 Å². The van der Waals surface area contributed by atoms with Crippen LogP contribution in [0.2, 0.25) is 0 Å². The SMILES string of the molecule is CSc1cccc(Nc2nc(Nc3ccc4c(c3)B(O)OC4(C)C)ncc2C)c1. The second kappa shape index (κ2) is 7.70. The molecule has 1 aliphatic rings. The normalized spacial score (nSPS) is 14.6. The number of fused-ring (bicyclic) bond motifs is 1. The van der Waals surface area contributed by atoms with Gasteiger partial charge in [0.25, 0.3) is 0 Å². The summed E-state index contributed by atoms with van der Waals surface area (Å²) in [5.74, 6) is 1.22. The molecule has 0 spiro atoms. The summed E-state index contributed by atoms with van der Waals surface area (Å²) in [6.07, 6.45) is 3.83. The molecular formula is C21H23BN4O2S. The number of nitrogens with one attached hydrogen (secondary N) is 2. The van der Waals surface area contributed by atoms with E-state index >= 15 is 0 Å². The number of thioether (sulfide) groups is 1. The van der Waals surface area contributed by atoms with Gasteiger partial charge in [0.1, 0.15) is 5.82 Å². The number of hydrogen-bond acceptors (Lipinski definition) is 7. The van der Waals surface area contributed by atoms with Gasteiger partial charge >= 0.3 is 7.12 Å². The Labute approximate surface area is 175 Å². The fourth-order valence-electron chi connectivity index (χ4n) is 3.39. The Hall–Kier alpha value is -2.55. The highest BCUT2D eigenvalue weighted by Gasteiger charge is 2.40. The Kier molecular flexibility index (Phi) is 5.25. The summed E-state index contributed by atoms with van der Waals surface area (Å²) in [5, 5.41) is 16.8. The van der Waals surface area contributed by atoms with Gasteiger partial charge in [-0.2, -0.15) is 4.98 Å². The van der Waals surface area contributed by atoms with Gasteiger partial charge in [0.05, 0.1) is 5.60 Å². The molecule has 0 fully saturated rings. The van der Waals surface area contributed by atoms with Crippen LogP contribution in [0, 0.1) is 6.92 Å². The molecule has 0 saturated carbocycles. The molecule has 6 nitrogen and oxygen atoms in total. The van der Waals surface area contributed by atoms with Gasteiger partial charge in [-0.25, -0.2) is 4.98 Å². The van der Waals surface area contributed by atoms with Gasteiger partial charge in [0.2, 0.25) is 5.95 Å². The summed E-state index contributed by atoms with van der Waals surface area (Å²) in [7, 11) is -0.929. The second-order valence-electron chi connectivity index (χ2n) is 7.49. The molecule has 0 amide bonds. The van der Waals surface area contributed by atoms with Gasteiger partial charge in [-0.05, 0) is 68.4 Å². The van der Waals surface area contributed by atoms with Gasteiger partial charge in [0.15, 0.2) is 0 Å². The minimum absolute atomic E-state index is 0.478. The van der Waals surface area contributed by atoms with Crippen molar-refractivity contribution in [2.75, 3.05) is 16.9 Å². The van der Waals surface area contributed by atoms with E-state index in [0.29, 0.717) is 5.95 Å². The summed E-state index contributed by atoms with van der Waals surface area (Å²) in [6.45, 7) is 5.86. The van der Waals surface area contributed by atoms with Crippen LogP contribution in [0.25, 0.3) is 0 Å². The van der Waals surface area contributed by atoms with Crippen LogP contribution >= 0.6 is 11.8 Å². The first-order valence-electron chi connectivity index (χ1n) is 9.38. The average molecular weight is 406 g/mol. The topological polar surface area (TPSA) is 79.3 Å². The maximum Gasteiger partial charge on any atom is 0.492 e. The molecule has 3 N–H and O–H groups in total. The van der Waals surface area contributed by atoms with Crippen molar-refractivity contribution in [3.8, 4) is 0 Å². The van der Waals surface area contributed by atoms with E-state index in [1.165, 1.54) is 4.90 Å². The Morgan fingerprint density at radius 1 is 1.10 bits per heavy atom. The number of rotatable bonds is 5. The maximum absolute atomic E-state index is 10.2. The number of hydrogen-bond donors (Lipinski definition) is 3. The highest BCUT2D eigenvalue weighted by molar-refractivity contribution is 7.98. The van der Waals surface area contributed by atoms with Crippen molar-refractivity contribution in [2.24, 2.45) is 0 Å². The molecular weight excluding hydrogens is 383 g/mol. The number of nitrogens with zero attached hydrogens (tertiary/aromatic N) is 2. The number of anilines is 4. The Morgan fingerprint density at radius 2 is 1.90 bits per heavy atom. The molecule has 1 aliphatic heterocycles. The first kappa shape index (κ1) is 19.8. The smallest absolute Gasteiger partial charge is 0.423 e. The zero-order chi connectivity index (χ0) is 20.6. The van der Waals surface area contributed by atoms with Gasteiger partial charge in [-0.3, -0.25) is 0 Å². The monoisotopic (exact) mass is 406 g/mol. The number of aryl methyl sites for hydroxylation is 1. The summed E-state index contributed by atoms with van der Waals surface area (Å²) >= 11 is 1.70. The third kappa shape index (κ3) is 4.10. The molecule has 3 aromatic rings. The average Bonchev–Trinajstić information content (AvgIpc) is 2.93. The molecule has 0 saturated heterocycles. The molecule has 0 unspecified atom stereocenters. The molecule has 1 aromatic heterocycles. The van der Waals surface area contributed by atoms with E-state index in [1.807, 2.05) is 51.1 Å². The predicted molar refractivity (Wildman–Crippen MR) is 120 cm³/mol. The van der Waals surface area contributed by atoms with E-state index < -0.39 is 12.7 Å². The van der Waals surface area contributed by atoms with E-state index in [0.717, 1.165) is 33.8 Å². The quantitative estimate of drug-likeness (QED) is 0.437. The van der Waals surface area contributed by atoms with E-state index in [1.54, 1.807) is 18.0 Å². The molecule has 148 valence electrons. The summed E-state index contributed by atoms with van der Waals surface area (Å²) in [5.41, 5.74) is 3.96. The number of benzene rings is 2. The van der Waals surface area contributed by atoms with Crippen LogP contribution in [0.5, 0.6) is 0 Å². The molecule has 4 rings (SSSR count). The van der Waals surface area contributed by atoms with E-state index in [9.17, 15) is 5.02 Å². The molecule has 2 heterocycles. The lowest BCUT2D eigenvalue weighted by atomic mass is 9.78. The molecule has 0 radical (unpaired) electrons. The van der Waals surface area contributed by atoms with Crippen molar-refractivity contribution in [1.82, 2.24) is 9.97 Å². The first-order valence-corrected chi connectivity index (χ1v) is 10.6.